The van der Waals surface area contributed by atoms with E-state index in [4.69, 9.17) is 4.74 Å². The van der Waals surface area contributed by atoms with Crippen molar-refractivity contribution in [2.75, 3.05) is 32.5 Å². The number of hydrogen-bond donors (Lipinski definition) is 1. The van der Waals surface area contributed by atoms with Crippen LogP contribution in [0.2, 0.25) is 0 Å². The van der Waals surface area contributed by atoms with Gasteiger partial charge in [-0.05, 0) is 12.5 Å². The lowest BCUT2D eigenvalue weighted by Crippen LogP contribution is -2.51. The lowest BCUT2D eigenvalue weighted by Gasteiger charge is -2.33. The van der Waals surface area contributed by atoms with E-state index in [9.17, 15) is 9.00 Å². The molecule has 5 nitrogen and oxygen atoms in total. The zero-order valence-electron chi connectivity index (χ0n) is 13.2. The van der Waals surface area contributed by atoms with Crippen LogP contribution in [0.1, 0.15) is 12.5 Å². The van der Waals surface area contributed by atoms with E-state index < -0.39 is 10.8 Å². The summed E-state index contributed by atoms with van der Waals surface area (Å²) in [5.74, 6) is 0. The van der Waals surface area contributed by atoms with Gasteiger partial charge in [0.25, 0.3) is 0 Å². The Balaban J connectivity index is 1.82. The van der Waals surface area contributed by atoms with Gasteiger partial charge in [0.15, 0.2) is 0 Å². The molecule has 1 saturated heterocycles. The van der Waals surface area contributed by atoms with Crippen LogP contribution in [0.25, 0.3) is 0 Å². The second kappa shape index (κ2) is 8.29. The van der Waals surface area contributed by atoms with Crippen molar-refractivity contribution in [3.63, 3.8) is 0 Å². The molecule has 1 aliphatic rings. The zero-order chi connectivity index (χ0) is 15.9. The standard InChI is InChI=1S/C16H24N2O3S/c1-13(22(2)20)11-17-16(19)18-8-9-21-15(12-18)10-14-6-4-3-5-7-14/h3-7,13,15H,8-12H2,1-2H3,(H,17,19)/t13-,15-,22-/m1/s1. The van der Waals surface area contributed by atoms with E-state index in [1.165, 1.54) is 5.56 Å². The van der Waals surface area contributed by atoms with Crippen LogP contribution >= 0.6 is 0 Å². The number of benzene rings is 1. The van der Waals surface area contributed by atoms with Crippen molar-refractivity contribution in [3.05, 3.63) is 35.9 Å². The van der Waals surface area contributed by atoms with Gasteiger partial charge in [0, 0.05) is 48.4 Å². The maximum atomic E-state index is 12.2. The van der Waals surface area contributed by atoms with Gasteiger partial charge in [0.05, 0.1) is 12.7 Å². The van der Waals surface area contributed by atoms with Gasteiger partial charge < -0.3 is 15.0 Å². The molecule has 0 unspecified atom stereocenters. The highest BCUT2D eigenvalue weighted by atomic mass is 32.2. The quantitative estimate of drug-likeness (QED) is 0.891. The summed E-state index contributed by atoms with van der Waals surface area (Å²) < 4.78 is 17.1. The molecular formula is C16H24N2O3S. The molecule has 1 aromatic rings. The molecular weight excluding hydrogens is 300 g/mol. The highest BCUT2D eigenvalue weighted by Gasteiger charge is 2.24. The molecule has 6 heteroatoms. The number of nitrogens with zero attached hydrogens (tertiary/aromatic N) is 1. The number of carbonyl (C=O) groups excluding carboxylic acids is 1. The van der Waals surface area contributed by atoms with Crippen LogP contribution in [0.15, 0.2) is 30.3 Å². The van der Waals surface area contributed by atoms with Crippen LogP contribution in [0.3, 0.4) is 0 Å². The fourth-order valence-electron chi connectivity index (χ4n) is 2.36. The van der Waals surface area contributed by atoms with E-state index in [-0.39, 0.29) is 17.4 Å². The van der Waals surface area contributed by atoms with Crippen molar-refractivity contribution in [1.82, 2.24) is 10.2 Å². The third-order valence-corrected chi connectivity index (χ3v) is 5.14. The SMILES string of the molecule is C[C@H](CNC(=O)N1CCO[C@H](Cc2ccccc2)C1)[S@@](C)=O. The number of amides is 2. The summed E-state index contributed by atoms with van der Waals surface area (Å²) in [6.07, 6.45) is 2.49. The maximum absolute atomic E-state index is 12.2. The molecule has 0 spiro atoms. The minimum atomic E-state index is -0.923. The minimum Gasteiger partial charge on any atom is -0.374 e. The number of hydrogen-bond acceptors (Lipinski definition) is 3. The topological polar surface area (TPSA) is 58.6 Å². The first-order valence-corrected chi connectivity index (χ1v) is 9.19. The summed E-state index contributed by atoms with van der Waals surface area (Å²) in [6, 6.07) is 10.0. The Labute approximate surface area is 134 Å². The van der Waals surface area contributed by atoms with Crippen LogP contribution in [0.4, 0.5) is 4.79 Å². The van der Waals surface area contributed by atoms with Crippen molar-refractivity contribution >= 4 is 16.8 Å². The molecule has 0 aromatic heterocycles. The Kier molecular flexibility index (Phi) is 6.39. The minimum absolute atomic E-state index is 0.0274. The maximum Gasteiger partial charge on any atom is 0.317 e. The van der Waals surface area contributed by atoms with E-state index in [0.29, 0.717) is 26.2 Å². The smallest absolute Gasteiger partial charge is 0.317 e. The first kappa shape index (κ1) is 17.0. The molecule has 1 aromatic carbocycles. The summed E-state index contributed by atoms with van der Waals surface area (Å²) in [5, 5.41) is 2.82. The summed E-state index contributed by atoms with van der Waals surface area (Å²) in [6.45, 7) is 4.04. The van der Waals surface area contributed by atoms with Crippen molar-refractivity contribution < 1.29 is 13.7 Å². The molecule has 1 N–H and O–H groups in total. The Morgan fingerprint density at radius 2 is 2.18 bits per heavy atom. The molecule has 22 heavy (non-hydrogen) atoms. The van der Waals surface area contributed by atoms with Gasteiger partial charge >= 0.3 is 6.03 Å². The van der Waals surface area contributed by atoms with E-state index in [1.807, 2.05) is 25.1 Å². The second-order valence-corrected chi connectivity index (χ2v) is 7.43. The van der Waals surface area contributed by atoms with E-state index in [2.05, 4.69) is 17.4 Å². The predicted octanol–water partition coefficient (Wildman–Crippen LogP) is 1.41. The van der Waals surface area contributed by atoms with Gasteiger partial charge in [-0.15, -0.1) is 0 Å². The van der Waals surface area contributed by atoms with E-state index >= 15 is 0 Å². The Morgan fingerprint density at radius 1 is 1.45 bits per heavy atom. The first-order chi connectivity index (χ1) is 10.6. The average molecular weight is 324 g/mol. The van der Waals surface area contributed by atoms with Crippen molar-refractivity contribution in [1.29, 1.82) is 0 Å². The van der Waals surface area contributed by atoms with Crippen LogP contribution in [0.5, 0.6) is 0 Å². The monoisotopic (exact) mass is 324 g/mol. The summed E-state index contributed by atoms with van der Waals surface area (Å²) in [5.41, 5.74) is 1.21. The molecule has 1 aliphatic heterocycles. The van der Waals surface area contributed by atoms with Gasteiger partial charge in [0.1, 0.15) is 0 Å². The van der Waals surface area contributed by atoms with Crippen molar-refractivity contribution in [3.8, 4) is 0 Å². The van der Waals surface area contributed by atoms with Gasteiger partial charge in [-0.25, -0.2) is 4.79 Å². The van der Waals surface area contributed by atoms with Crippen LogP contribution in [-0.4, -0.2) is 59.0 Å². The fourth-order valence-corrected chi connectivity index (χ4v) is 2.68. The molecule has 0 bridgehead atoms. The molecule has 122 valence electrons. The second-order valence-electron chi connectivity index (χ2n) is 5.62. The molecule has 3 atom stereocenters. The fraction of sp³-hybridized carbons (Fsp3) is 0.562. The molecule has 2 amide bonds. The van der Waals surface area contributed by atoms with Crippen LogP contribution in [-0.2, 0) is 22.0 Å². The normalized spacial score (nSPS) is 21.2. The number of nitrogens with one attached hydrogen (secondary N) is 1. The van der Waals surface area contributed by atoms with E-state index in [1.54, 1.807) is 11.2 Å². The number of morpholine rings is 1. The third kappa shape index (κ3) is 5.10. The Hall–Kier alpha value is -1.40. The first-order valence-electron chi connectivity index (χ1n) is 7.57. The average Bonchev–Trinajstić information content (AvgIpc) is 2.53. The third-order valence-electron chi connectivity index (χ3n) is 3.84. The highest BCUT2D eigenvalue weighted by molar-refractivity contribution is 7.84. The number of ether oxygens (including phenoxy) is 1. The summed E-state index contributed by atoms with van der Waals surface area (Å²) in [4.78, 5) is 14.0. The number of carbonyl (C=O) groups is 1. The Bertz CT molecular complexity index is 509. The van der Waals surface area contributed by atoms with Crippen molar-refractivity contribution in [2.24, 2.45) is 0 Å². The predicted molar refractivity (Wildman–Crippen MR) is 88.4 cm³/mol. The number of rotatable bonds is 5. The van der Waals surface area contributed by atoms with Gasteiger partial charge in [-0.3, -0.25) is 4.21 Å². The van der Waals surface area contributed by atoms with Crippen LogP contribution in [0, 0.1) is 0 Å². The molecule has 0 radical (unpaired) electrons. The molecule has 1 fully saturated rings. The number of urea groups is 1. The Morgan fingerprint density at radius 3 is 2.86 bits per heavy atom. The van der Waals surface area contributed by atoms with E-state index in [0.717, 1.165) is 6.42 Å². The van der Waals surface area contributed by atoms with Crippen LogP contribution < -0.4 is 5.32 Å². The lowest BCUT2D eigenvalue weighted by atomic mass is 10.1. The highest BCUT2D eigenvalue weighted by Crippen LogP contribution is 2.11. The molecule has 0 aliphatic carbocycles. The summed E-state index contributed by atoms with van der Waals surface area (Å²) in [7, 11) is -0.923. The molecule has 1 heterocycles. The summed E-state index contributed by atoms with van der Waals surface area (Å²) >= 11 is 0. The van der Waals surface area contributed by atoms with Gasteiger partial charge in [-0.2, -0.15) is 0 Å². The lowest BCUT2D eigenvalue weighted by molar-refractivity contribution is -0.0132. The molecule has 2 rings (SSSR count). The largest absolute Gasteiger partial charge is 0.374 e. The van der Waals surface area contributed by atoms with Gasteiger partial charge in [0.2, 0.25) is 0 Å². The van der Waals surface area contributed by atoms with Crippen molar-refractivity contribution in [2.45, 2.75) is 24.7 Å². The molecule has 0 saturated carbocycles. The zero-order valence-corrected chi connectivity index (χ0v) is 14.0. The van der Waals surface area contributed by atoms with Gasteiger partial charge in [-0.1, -0.05) is 30.3 Å².